The normalized spacial score (nSPS) is 15.6. The average molecular weight is 212 g/mol. The Morgan fingerprint density at radius 2 is 1.79 bits per heavy atom. The van der Waals surface area contributed by atoms with Crippen LogP contribution in [0.25, 0.3) is 0 Å². The van der Waals surface area contributed by atoms with Crippen LogP contribution in [0, 0.1) is 5.92 Å². The van der Waals surface area contributed by atoms with Crippen LogP contribution < -0.4 is 5.73 Å². The van der Waals surface area contributed by atoms with Crippen LogP contribution in [-0.4, -0.2) is 5.54 Å². The van der Waals surface area contributed by atoms with Gasteiger partial charge in [0, 0.05) is 10.6 Å². The molecule has 78 valence electrons. The van der Waals surface area contributed by atoms with Crippen LogP contribution in [0.15, 0.2) is 24.3 Å². The summed E-state index contributed by atoms with van der Waals surface area (Å²) in [6, 6.07) is 7.90. The Bertz CT molecular complexity index is 288. The summed E-state index contributed by atoms with van der Waals surface area (Å²) in [5.74, 6) is 0.471. The molecule has 1 aromatic rings. The van der Waals surface area contributed by atoms with E-state index in [0.29, 0.717) is 5.92 Å². The van der Waals surface area contributed by atoms with Crippen molar-refractivity contribution in [2.24, 2.45) is 11.7 Å². The summed E-state index contributed by atoms with van der Waals surface area (Å²) in [6.07, 6.45) is 0.891. The third-order valence-corrected chi connectivity index (χ3v) is 3.07. The van der Waals surface area contributed by atoms with Crippen molar-refractivity contribution in [2.45, 2.75) is 32.7 Å². The van der Waals surface area contributed by atoms with Crippen molar-refractivity contribution in [3.8, 4) is 0 Å². The largest absolute Gasteiger partial charge is 0.325 e. The third-order valence-electron chi connectivity index (χ3n) is 2.82. The Balaban J connectivity index is 2.74. The van der Waals surface area contributed by atoms with Crippen LogP contribution in [0.2, 0.25) is 5.02 Å². The molecule has 14 heavy (non-hydrogen) atoms. The molecule has 0 aromatic heterocycles. The number of hydrogen-bond acceptors (Lipinski definition) is 1. The highest BCUT2D eigenvalue weighted by atomic mass is 35.5. The van der Waals surface area contributed by atoms with Crippen LogP contribution in [0.3, 0.4) is 0 Å². The van der Waals surface area contributed by atoms with Crippen LogP contribution in [-0.2, 0) is 6.42 Å². The fourth-order valence-corrected chi connectivity index (χ4v) is 1.37. The monoisotopic (exact) mass is 211 g/mol. The van der Waals surface area contributed by atoms with E-state index in [1.54, 1.807) is 0 Å². The van der Waals surface area contributed by atoms with Gasteiger partial charge in [-0.2, -0.15) is 0 Å². The zero-order valence-electron chi connectivity index (χ0n) is 9.05. The Labute approximate surface area is 91.3 Å². The fourth-order valence-electron chi connectivity index (χ4n) is 1.25. The molecule has 0 aliphatic heterocycles. The van der Waals surface area contributed by atoms with Gasteiger partial charge < -0.3 is 5.73 Å². The Morgan fingerprint density at radius 3 is 2.21 bits per heavy atom. The minimum atomic E-state index is -0.145. The summed E-state index contributed by atoms with van der Waals surface area (Å²) in [5.41, 5.74) is 7.30. The van der Waals surface area contributed by atoms with Gasteiger partial charge in [0.25, 0.3) is 0 Å². The summed E-state index contributed by atoms with van der Waals surface area (Å²) in [4.78, 5) is 0. The van der Waals surface area contributed by atoms with Crippen molar-refractivity contribution in [1.82, 2.24) is 0 Å². The van der Waals surface area contributed by atoms with Gasteiger partial charge in [-0.25, -0.2) is 0 Å². The lowest BCUT2D eigenvalue weighted by Crippen LogP contribution is -2.43. The molecule has 0 bridgehead atoms. The van der Waals surface area contributed by atoms with Crippen LogP contribution >= 0.6 is 11.6 Å². The molecule has 0 aliphatic carbocycles. The molecule has 1 nitrogen and oxygen atoms in total. The van der Waals surface area contributed by atoms with Crippen molar-refractivity contribution in [1.29, 1.82) is 0 Å². The predicted octanol–water partition coefficient (Wildman–Crippen LogP) is 3.26. The lowest BCUT2D eigenvalue weighted by Gasteiger charge is -2.29. The third kappa shape index (κ3) is 3.00. The van der Waals surface area contributed by atoms with Crippen LogP contribution in [0.4, 0.5) is 0 Å². The van der Waals surface area contributed by atoms with Gasteiger partial charge in [-0.3, -0.25) is 0 Å². The smallest absolute Gasteiger partial charge is 0.0406 e. The first-order valence-electron chi connectivity index (χ1n) is 4.95. The number of nitrogens with two attached hydrogens (primary N) is 1. The fraction of sp³-hybridized carbons (Fsp3) is 0.500. The molecule has 0 fully saturated rings. The van der Waals surface area contributed by atoms with Gasteiger partial charge in [0.15, 0.2) is 0 Å². The summed E-state index contributed by atoms with van der Waals surface area (Å²) in [5, 5.41) is 0.775. The van der Waals surface area contributed by atoms with E-state index in [-0.39, 0.29) is 5.54 Å². The topological polar surface area (TPSA) is 26.0 Å². The molecule has 0 heterocycles. The van der Waals surface area contributed by atoms with E-state index < -0.39 is 0 Å². The molecule has 2 N–H and O–H groups in total. The zero-order valence-corrected chi connectivity index (χ0v) is 9.81. The second kappa shape index (κ2) is 4.33. The van der Waals surface area contributed by atoms with E-state index in [1.165, 1.54) is 5.56 Å². The van der Waals surface area contributed by atoms with Gasteiger partial charge in [-0.15, -0.1) is 0 Å². The molecule has 0 spiro atoms. The van der Waals surface area contributed by atoms with Crippen molar-refractivity contribution in [3.05, 3.63) is 34.9 Å². The summed E-state index contributed by atoms with van der Waals surface area (Å²) in [6.45, 7) is 6.39. The van der Waals surface area contributed by atoms with E-state index in [9.17, 15) is 0 Å². The van der Waals surface area contributed by atoms with Crippen LogP contribution in [0.1, 0.15) is 26.3 Å². The average Bonchev–Trinajstić information content (AvgIpc) is 2.08. The molecule has 0 saturated heterocycles. The van der Waals surface area contributed by atoms with E-state index in [0.717, 1.165) is 11.4 Å². The number of halogens is 1. The van der Waals surface area contributed by atoms with E-state index >= 15 is 0 Å². The first kappa shape index (κ1) is 11.5. The van der Waals surface area contributed by atoms with Gasteiger partial charge in [-0.1, -0.05) is 37.6 Å². The van der Waals surface area contributed by atoms with Crippen LogP contribution in [0.5, 0.6) is 0 Å². The molecule has 1 atom stereocenters. The Kier molecular flexibility index (Phi) is 3.57. The summed E-state index contributed by atoms with van der Waals surface area (Å²) < 4.78 is 0. The summed E-state index contributed by atoms with van der Waals surface area (Å²) in [7, 11) is 0. The van der Waals surface area contributed by atoms with Gasteiger partial charge in [0.1, 0.15) is 0 Å². The maximum Gasteiger partial charge on any atom is 0.0406 e. The maximum absolute atomic E-state index is 6.20. The molecule has 0 unspecified atom stereocenters. The highest BCUT2D eigenvalue weighted by molar-refractivity contribution is 6.30. The van der Waals surface area contributed by atoms with Crippen molar-refractivity contribution in [3.63, 3.8) is 0 Å². The number of hydrogen-bond donors (Lipinski definition) is 1. The van der Waals surface area contributed by atoms with E-state index in [1.807, 2.05) is 24.3 Å². The van der Waals surface area contributed by atoms with Crippen molar-refractivity contribution < 1.29 is 0 Å². The predicted molar refractivity (Wildman–Crippen MR) is 62.6 cm³/mol. The number of benzene rings is 1. The molecule has 0 amide bonds. The second-order valence-electron chi connectivity index (χ2n) is 4.46. The van der Waals surface area contributed by atoms with Crippen molar-refractivity contribution >= 4 is 11.6 Å². The van der Waals surface area contributed by atoms with Gasteiger partial charge in [0.05, 0.1) is 0 Å². The minimum Gasteiger partial charge on any atom is -0.325 e. The van der Waals surface area contributed by atoms with Gasteiger partial charge in [0.2, 0.25) is 0 Å². The highest BCUT2D eigenvalue weighted by Crippen LogP contribution is 2.20. The zero-order chi connectivity index (χ0) is 10.8. The molecule has 1 aromatic carbocycles. The van der Waals surface area contributed by atoms with E-state index in [4.69, 9.17) is 17.3 Å². The molecule has 0 saturated carbocycles. The SMILES string of the molecule is CC(C)[C@@](C)(N)Cc1ccc(Cl)cc1. The van der Waals surface area contributed by atoms with Gasteiger partial charge in [-0.05, 0) is 37.0 Å². The Hall–Kier alpha value is -0.530. The minimum absolute atomic E-state index is 0.145. The molecule has 1 rings (SSSR count). The lowest BCUT2D eigenvalue weighted by molar-refractivity contribution is 0.338. The highest BCUT2D eigenvalue weighted by Gasteiger charge is 2.22. The maximum atomic E-state index is 6.20. The Morgan fingerprint density at radius 1 is 1.29 bits per heavy atom. The standard InChI is InChI=1S/C12H18ClN/c1-9(2)12(3,14)8-10-4-6-11(13)7-5-10/h4-7,9H,8,14H2,1-3H3/t12-/m0/s1. The molecular formula is C12H18ClN. The number of rotatable bonds is 3. The van der Waals surface area contributed by atoms with Crippen molar-refractivity contribution in [2.75, 3.05) is 0 Å². The molecule has 0 aliphatic rings. The molecular weight excluding hydrogens is 194 g/mol. The molecule has 2 heteroatoms. The first-order chi connectivity index (χ1) is 6.42. The van der Waals surface area contributed by atoms with E-state index in [2.05, 4.69) is 20.8 Å². The van der Waals surface area contributed by atoms with Gasteiger partial charge >= 0.3 is 0 Å². The second-order valence-corrected chi connectivity index (χ2v) is 4.90. The lowest BCUT2D eigenvalue weighted by atomic mass is 9.84. The molecule has 0 radical (unpaired) electrons. The summed E-state index contributed by atoms with van der Waals surface area (Å²) >= 11 is 5.81. The quantitative estimate of drug-likeness (QED) is 0.816. The first-order valence-corrected chi connectivity index (χ1v) is 5.33.